The summed E-state index contributed by atoms with van der Waals surface area (Å²) in [4.78, 5) is 24.8. The fraction of sp³-hybridized carbons (Fsp3) is 0.875. The fourth-order valence-electron chi connectivity index (χ4n) is 9.65. The van der Waals surface area contributed by atoms with E-state index in [2.05, 4.69) is 54.5 Å². The largest absolute Gasteiger partial charge is 0.462 e. The monoisotopic (exact) mass is 518 g/mol. The number of hydrogen-bond donors (Lipinski definition) is 0. The van der Waals surface area contributed by atoms with Gasteiger partial charge in [0.25, 0.3) is 0 Å². The second kappa shape index (κ2) is 9.42. The van der Waals surface area contributed by atoms with E-state index >= 15 is 0 Å². The molecule has 4 aliphatic rings. The molecule has 2 unspecified atom stereocenters. The molecular formula is C32H51ClO3. The van der Waals surface area contributed by atoms with E-state index in [1.54, 1.807) is 12.5 Å². The van der Waals surface area contributed by atoms with Crippen LogP contribution in [0.15, 0.2) is 11.6 Å². The van der Waals surface area contributed by atoms with Gasteiger partial charge in [0.2, 0.25) is 5.24 Å². The first-order valence-electron chi connectivity index (χ1n) is 14.7. The summed E-state index contributed by atoms with van der Waals surface area (Å²) in [6.07, 6.45) is 14.4. The van der Waals surface area contributed by atoms with E-state index in [0.717, 1.165) is 57.8 Å². The van der Waals surface area contributed by atoms with Gasteiger partial charge in [0.05, 0.1) is 5.41 Å². The molecule has 0 heterocycles. The van der Waals surface area contributed by atoms with Crippen LogP contribution in [-0.2, 0) is 14.3 Å². The van der Waals surface area contributed by atoms with Gasteiger partial charge in [-0.05, 0) is 110 Å². The average Bonchev–Trinajstić information content (AvgIpc) is 2.77. The van der Waals surface area contributed by atoms with Crippen molar-refractivity contribution in [1.82, 2.24) is 0 Å². The summed E-state index contributed by atoms with van der Waals surface area (Å²) in [5, 5.41) is -0.0893. The smallest absolute Gasteiger partial charge is 0.302 e. The van der Waals surface area contributed by atoms with Crippen LogP contribution in [0.25, 0.3) is 0 Å². The van der Waals surface area contributed by atoms with E-state index in [1.807, 2.05) is 0 Å². The Morgan fingerprint density at radius 2 is 1.67 bits per heavy atom. The predicted molar refractivity (Wildman–Crippen MR) is 148 cm³/mol. The van der Waals surface area contributed by atoms with Gasteiger partial charge in [-0.15, -0.1) is 0 Å². The topological polar surface area (TPSA) is 43.4 Å². The highest BCUT2D eigenvalue weighted by Gasteiger charge is 2.61. The normalized spacial score (nSPS) is 43.5. The third-order valence-corrected chi connectivity index (χ3v) is 12.2. The molecule has 3 saturated carbocycles. The Bertz CT molecular complexity index is 918. The van der Waals surface area contributed by atoms with Crippen molar-refractivity contribution in [3.05, 3.63) is 11.6 Å². The summed E-state index contributed by atoms with van der Waals surface area (Å²) < 4.78 is 5.89. The number of fused-ring (bicyclic) bond motifs is 3. The summed E-state index contributed by atoms with van der Waals surface area (Å²) in [7, 11) is 0. The Morgan fingerprint density at radius 3 is 2.28 bits per heavy atom. The van der Waals surface area contributed by atoms with Crippen molar-refractivity contribution in [2.75, 3.05) is 0 Å². The highest BCUT2D eigenvalue weighted by atomic mass is 35.5. The van der Waals surface area contributed by atoms with E-state index in [4.69, 9.17) is 16.3 Å². The molecule has 0 spiro atoms. The van der Waals surface area contributed by atoms with Gasteiger partial charge in [0, 0.05) is 12.3 Å². The highest BCUT2D eigenvalue weighted by Crippen LogP contribution is 2.67. The first-order chi connectivity index (χ1) is 16.6. The van der Waals surface area contributed by atoms with Crippen molar-refractivity contribution in [2.45, 2.75) is 132 Å². The maximum absolute atomic E-state index is 12.9. The molecule has 0 aromatic rings. The molecule has 4 aliphatic carbocycles. The Labute approximate surface area is 225 Å². The van der Waals surface area contributed by atoms with Crippen LogP contribution in [0.3, 0.4) is 0 Å². The van der Waals surface area contributed by atoms with E-state index < -0.39 is 0 Å². The van der Waals surface area contributed by atoms with Gasteiger partial charge >= 0.3 is 5.97 Å². The Balaban J connectivity index is 1.67. The van der Waals surface area contributed by atoms with Gasteiger partial charge in [-0.25, -0.2) is 0 Å². The van der Waals surface area contributed by atoms with Gasteiger partial charge in [0.15, 0.2) is 0 Å². The molecule has 0 saturated heterocycles. The van der Waals surface area contributed by atoms with E-state index in [9.17, 15) is 9.59 Å². The molecule has 0 N–H and O–H groups in total. The van der Waals surface area contributed by atoms with Gasteiger partial charge in [-0.3, -0.25) is 9.59 Å². The van der Waals surface area contributed by atoms with Crippen molar-refractivity contribution in [3.63, 3.8) is 0 Å². The zero-order chi connectivity index (χ0) is 26.7. The maximum Gasteiger partial charge on any atom is 0.302 e. The van der Waals surface area contributed by atoms with Crippen LogP contribution in [0.4, 0.5) is 0 Å². The standard InChI is InChI=1S/C32H51ClO3/c1-9-10-25-29(5,6)26(36-21(2)34)13-14-31(25,8)22-11-12-23-24-20-28(3,4)15-17-32(24,27(33)35)18-16-30(23,7)19-22/h12,22,24-26H,9-11,13-20H2,1-8H3/t22-,24?,25?,26-,30-,31+,32-/m0/s1. The molecule has 0 aromatic heterocycles. The Hall–Kier alpha value is -0.830. The van der Waals surface area contributed by atoms with E-state index in [0.29, 0.717) is 17.8 Å². The first-order valence-corrected chi connectivity index (χ1v) is 15.1. The molecule has 3 nitrogen and oxygen atoms in total. The van der Waals surface area contributed by atoms with Crippen LogP contribution in [-0.4, -0.2) is 17.3 Å². The van der Waals surface area contributed by atoms with Gasteiger partial charge in [0.1, 0.15) is 6.10 Å². The van der Waals surface area contributed by atoms with Crippen molar-refractivity contribution in [1.29, 1.82) is 0 Å². The molecule has 0 aliphatic heterocycles. The summed E-state index contributed by atoms with van der Waals surface area (Å²) in [5.41, 5.74) is 1.77. The van der Waals surface area contributed by atoms with E-state index in [-0.39, 0.29) is 44.4 Å². The minimum absolute atomic E-state index is 0.000550. The predicted octanol–water partition coefficient (Wildman–Crippen LogP) is 8.88. The molecule has 36 heavy (non-hydrogen) atoms. The van der Waals surface area contributed by atoms with Crippen LogP contribution in [0.2, 0.25) is 0 Å². The number of allylic oxidation sites excluding steroid dienone is 2. The number of hydrogen-bond acceptors (Lipinski definition) is 3. The molecule has 4 heteroatoms. The lowest BCUT2D eigenvalue weighted by atomic mass is 9.43. The number of carbonyl (C=O) groups is 2. The summed E-state index contributed by atoms with van der Waals surface area (Å²) in [6.45, 7) is 18.3. The Kier molecular flexibility index (Phi) is 7.38. The van der Waals surface area contributed by atoms with Crippen LogP contribution in [0.1, 0.15) is 126 Å². The SMILES string of the molecule is CCCC1C(C)(C)[C@@H](OC(C)=O)CC[C@]1(C)[C@H]1CC=C2C3CC(C)(C)CC[C@]3(C(=O)Cl)CC[C@@]2(C)C1. The molecular weight excluding hydrogens is 468 g/mol. The van der Waals surface area contributed by atoms with Crippen LogP contribution in [0, 0.1) is 44.8 Å². The Morgan fingerprint density at radius 1 is 1.00 bits per heavy atom. The first kappa shape index (κ1) is 28.2. The van der Waals surface area contributed by atoms with E-state index in [1.165, 1.54) is 12.8 Å². The zero-order valence-corrected chi connectivity index (χ0v) is 25.0. The zero-order valence-electron chi connectivity index (χ0n) is 24.3. The minimum atomic E-state index is -0.353. The summed E-state index contributed by atoms with van der Waals surface area (Å²) in [5.74, 6) is 1.26. The fourth-order valence-corrected chi connectivity index (χ4v) is 9.97. The lowest BCUT2D eigenvalue weighted by Crippen LogP contribution is -2.56. The van der Waals surface area contributed by atoms with Crippen LogP contribution < -0.4 is 0 Å². The summed E-state index contributed by atoms with van der Waals surface area (Å²) in [6, 6.07) is 0. The molecule has 0 amide bonds. The minimum Gasteiger partial charge on any atom is -0.462 e. The molecule has 0 bridgehead atoms. The molecule has 204 valence electrons. The van der Waals surface area contributed by atoms with Crippen molar-refractivity contribution < 1.29 is 14.3 Å². The average molecular weight is 519 g/mol. The van der Waals surface area contributed by atoms with Gasteiger partial charge in [-0.1, -0.05) is 66.5 Å². The summed E-state index contributed by atoms with van der Waals surface area (Å²) >= 11 is 6.40. The third-order valence-electron chi connectivity index (χ3n) is 11.9. The number of carbonyl (C=O) groups excluding carboxylic acids is 2. The van der Waals surface area contributed by atoms with Crippen molar-refractivity contribution in [3.8, 4) is 0 Å². The molecule has 3 fully saturated rings. The van der Waals surface area contributed by atoms with Gasteiger partial charge in [-0.2, -0.15) is 0 Å². The highest BCUT2D eigenvalue weighted by molar-refractivity contribution is 6.64. The van der Waals surface area contributed by atoms with Gasteiger partial charge < -0.3 is 4.74 Å². The quantitative estimate of drug-likeness (QED) is 0.207. The van der Waals surface area contributed by atoms with Crippen molar-refractivity contribution >= 4 is 22.8 Å². The second-order valence-electron chi connectivity index (χ2n) is 15.0. The number of rotatable bonds is 5. The number of esters is 1. The van der Waals surface area contributed by atoms with Crippen LogP contribution >= 0.6 is 11.6 Å². The molecule has 0 aromatic carbocycles. The second-order valence-corrected chi connectivity index (χ2v) is 15.4. The maximum atomic E-state index is 12.9. The molecule has 0 radical (unpaired) electrons. The lowest BCUT2D eigenvalue weighted by molar-refractivity contribution is -0.174. The number of ether oxygens (including phenoxy) is 1. The van der Waals surface area contributed by atoms with Crippen molar-refractivity contribution in [2.24, 2.45) is 44.8 Å². The molecule has 7 atom stereocenters. The molecule has 4 rings (SSSR count). The lowest BCUT2D eigenvalue weighted by Gasteiger charge is -2.62. The third kappa shape index (κ3) is 4.52. The number of halogens is 1. The van der Waals surface area contributed by atoms with Crippen LogP contribution in [0.5, 0.6) is 0 Å².